The Morgan fingerprint density at radius 1 is 1.11 bits per heavy atom. The van der Waals surface area contributed by atoms with E-state index >= 15 is 0 Å². The molecule has 0 fully saturated rings. The third-order valence-corrected chi connectivity index (χ3v) is 3.54. The summed E-state index contributed by atoms with van der Waals surface area (Å²) in [6.07, 6.45) is 0. The van der Waals surface area contributed by atoms with Crippen molar-refractivity contribution in [1.82, 2.24) is 0 Å². The molecule has 0 aliphatic heterocycles. The lowest BCUT2D eigenvalue weighted by Crippen LogP contribution is -2.10. The smallest absolute Gasteiger partial charge is 0.122 e. The molecule has 18 heavy (non-hydrogen) atoms. The van der Waals surface area contributed by atoms with Crippen LogP contribution in [0.15, 0.2) is 35.7 Å². The second kappa shape index (κ2) is 6.64. The molecule has 0 bridgehead atoms. The Kier molecular flexibility index (Phi) is 5.47. The topological polar surface area (TPSA) is 44.5 Å². The van der Waals surface area contributed by atoms with Crippen molar-refractivity contribution in [2.75, 3.05) is 14.2 Å². The number of rotatable bonds is 4. The van der Waals surface area contributed by atoms with Crippen LogP contribution in [0, 0.1) is 0 Å². The maximum atomic E-state index is 6.21. The fraction of sp³-hybridized carbons (Fsp3) is 0.231. The zero-order valence-corrected chi connectivity index (χ0v) is 11.9. The Morgan fingerprint density at radius 3 is 2.17 bits per heavy atom. The van der Waals surface area contributed by atoms with E-state index in [1.807, 2.05) is 35.7 Å². The highest BCUT2D eigenvalue weighted by atomic mass is 35.5. The standard InChI is InChI=1S/C13H15NO2S.ClH/c1-15-10-6-9(7-11(8-10)16-2)13(14)12-4-3-5-17-12;/h3-8,13H,14H2,1-2H3;1H/t13-;/m1./s1. The molecule has 3 nitrogen and oxygen atoms in total. The summed E-state index contributed by atoms with van der Waals surface area (Å²) in [6.45, 7) is 0. The van der Waals surface area contributed by atoms with Crippen LogP contribution in [0.4, 0.5) is 0 Å². The van der Waals surface area contributed by atoms with Gasteiger partial charge in [0.15, 0.2) is 0 Å². The van der Waals surface area contributed by atoms with Crippen LogP contribution in [0.2, 0.25) is 0 Å². The molecular formula is C13H16ClNO2S. The van der Waals surface area contributed by atoms with Gasteiger partial charge in [0.25, 0.3) is 0 Å². The first kappa shape index (κ1) is 14.8. The molecule has 2 rings (SSSR count). The Balaban J connectivity index is 0.00000162. The van der Waals surface area contributed by atoms with Gasteiger partial charge in [0.05, 0.1) is 20.3 Å². The molecule has 2 aromatic rings. The van der Waals surface area contributed by atoms with Gasteiger partial charge in [-0.1, -0.05) is 6.07 Å². The van der Waals surface area contributed by atoms with Crippen molar-refractivity contribution < 1.29 is 9.47 Å². The average molecular weight is 286 g/mol. The van der Waals surface area contributed by atoms with Crippen molar-refractivity contribution in [2.45, 2.75) is 6.04 Å². The molecule has 0 aliphatic rings. The number of ether oxygens (including phenoxy) is 2. The van der Waals surface area contributed by atoms with Gasteiger partial charge >= 0.3 is 0 Å². The fourth-order valence-corrected chi connectivity index (χ4v) is 2.40. The summed E-state index contributed by atoms with van der Waals surface area (Å²) < 4.78 is 10.5. The normalized spacial score (nSPS) is 11.5. The van der Waals surface area contributed by atoms with Gasteiger partial charge in [-0.3, -0.25) is 0 Å². The summed E-state index contributed by atoms with van der Waals surface area (Å²) in [4.78, 5) is 1.13. The van der Waals surface area contributed by atoms with Crippen LogP contribution in [0.1, 0.15) is 16.5 Å². The molecule has 2 N–H and O–H groups in total. The van der Waals surface area contributed by atoms with Crippen LogP contribution in [0.3, 0.4) is 0 Å². The highest BCUT2D eigenvalue weighted by Gasteiger charge is 2.12. The lowest BCUT2D eigenvalue weighted by atomic mass is 10.1. The summed E-state index contributed by atoms with van der Waals surface area (Å²) in [5.41, 5.74) is 7.20. The number of halogens is 1. The minimum absolute atomic E-state index is 0. The molecule has 0 radical (unpaired) electrons. The van der Waals surface area contributed by atoms with Crippen molar-refractivity contribution in [2.24, 2.45) is 5.73 Å². The lowest BCUT2D eigenvalue weighted by Gasteiger charge is -2.13. The Bertz CT molecular complexity index is 465. The van der Waals surface area contributed by atoms with Gasteiger partial charge < -0.3 is 15.2 Å². The fourth-order valence-electron chi connectivity index (χ4n) is 1.64. The highest BCUT2D eigenvalue weighted by Crippen LogP contribution is 2.30. The maximum absolute atomic E-state index is 6.21. The van der Waals surface area contributed by atoms with E-state index in [2.05, 4.69) is 0 Å². The number of methoxy groups -OCH3 is 2. The van der Waals surface area contributed by atoms with Gasteiger partial charge in [0, 0.05) is 10.9 Å². The summed E-state index contributed by atoms with van der Waals surface area (Å²) >= 11 is 1.65. The van der Waals surface area contributed by atoms with Crippen LogP contribution in [0.25, 0.3) is 0 Å². The largest absolute Gasteiger partial charge is 0.497 e. The van der Waals surface area contributed by atoms with Gasteiger partial charge in [0.1, 0.15) is 11.5 Å². The van der Waals surface area contributed by atoms with Gasteiger partial charge in [-0.05, 0) is 29.1 Å². The van der Waals surface area contributed by atoms with E-state index in [9.17, 15) is 0 Å². The van der Waals surface area contributed by atoms with E-state index in [1.54, 1.807) is 25.6 Å². The second-order valence-electron chi connectivity index (χ2n) is 3.64. The zero-order chi connectivity index (χ0) is 12.3. The minimum Gasteiger partial charge on any atom is -0.497 e. The Morgan fingerprint density at radius 2 is 1.72 bits per heavy atom. The molecule has 0 saturated carbocycles. The van der Waals surface area contributed by atoms with Gasteiger partial charge in [-0.25, -0.2) is 0 Å². The van der Waals surface area contributed by atoms with E-state index in [0.29, 0.717) is 0 Å². The van der Waals surface area contributed by atoms with E-state index < -0.39 is 0 Å². The van der Waals surface area contributed by atoms with Crippen molar-refractivity contribution in [3.63, 3.8) is 0 Å². The van der Waals surface area contributed by atoms with Gasteiger partial charge in [0.2, 0.25) is 0 Å². The molecule has 1 heterocycles. The molecule has 0 spiro atoms. The van der Waals surface area contributed by atoms with Crippen LogP contribution in [-0.2, 0) is 0 Å². The number of hydrogen-bond donors (Lipinski definition) is 1. The molecule has 0 amide bonds. The number of hydrogen-bond acceptors (Lipinski definition) is 4. The maximum Gasteiger partial charge on any atom is 0.122 e. The quantitative estimate of drug-likeness (QED) is 0.938. The monoisotopic (exact) mass is 285 g/mol. The van der Waals surface area contributed by atoms with E-state index in [0.717, 1.165) is 21.9 Å². The van der Waals surface area contributed by atoms with Crippen LogP contribution in [-0.4, -0.2) is 14.2 Å². The first-order valence-corrected chi connectivity index (χ1v) is 6.14. The summed E-state index contributed by atoms with van der Waals surface area (Å²) in [6, 6.07) is 9.60. The van der Waals surface area contributed by atoms with Crippen LogP contribution in [0.5, 0.6) is 11.5 Å². The first-order chi connectivity index (χ1) is 8.24. The minimum atomic E-state index is -0.140. The summed E-state index contributed by atoms with van der Waals surface area (Å²) in [7, 11) is 3.27. The van der Waals surface area contributed by atoms with Gasteiger partial charge in [-0.2, -0.15) is 0 Å². The second-order valence-corrected chi connectivity index (χ2v) is 4.62. The number of benzene rings is 1. The molecule has 0 aliphatic carbocycles. The van der Waals surface area contributed by atoms with E-state index in [-0.39, 0.29) is 18.4 Å². The van der Waals surface area contributed by atoms with Gasteiger partial charge in [-0.15, -0.1) is 23.7 Å². The van der Waals surface area contributed by atoms with Crippen LogP contribution >= 0.6 is 23.7 Å². The van der Waals surface area contributed by atoms with Crippen molar-refractivity contribution in [3.05, 3.63) is 46.2 Å². The van der Waals surface area contributed by atoms with Crippen molar-refractivity contribution >= 4 is 23.7 Å². The van der Waals surface area contributed by atoms with E-state index in [4.69, 9.17) is 15.2 Å². The molecule has 5 heteroatoms. The third-order valence-electron chi connectivity index (χ3n) is 2.58. The molecule has 1 atom stereocenters. The first-order valence-electron chi connectivity index (χ1n) is 5.26. The van der Waals surface area contributed by atoms with E-state index in [1.165, 1.54) is 0 Å². The van der Waals surface area contributed by atoms with Crippen LogP contribution < -0.4 is 15.2 Å². The SMILES string of the molecule is COc1cc(OC)cc([C@@H](N)c2cccs2)c1.Cl. The molecule has 1 aromatic carbocycles. The molecular weight excluding hydrogens is 270 g/mol. The summed E-state index contributed by atoms with van der Waals surface area (Å²) in [5.74, 6) is 1.51. The predicted molar refractivity (Wildman–Crippen MR) is 77.1 cm³/mol. The highest BCUT2D eigenvalue weighted by molar-refractivity contribution is 7.10. The molecule has 0 saturated heterocycles. The summed E-state index contributed by atoms with van der Waals surface area (Å²) in [5, 5.41) is 2.02. The average Bonchev–Trinajstić information content (AvgIpc) is 2.91. The lowest BCUT2D eigenvalue weighted by molar-refractivity contribution is 0.393. The number of thiophene rings is 1. The Hall–Kier alpha value is -1.23. The number of nitrogens with two attached hydrogens (primary N) is 1. The molecule has 0 unspecified atom stereocenters. The van der Waals surface area contributed by atoms with Crippen molar-refractivity contribution in [3.8, 4) is 11.5 Å². The molecule has 1 aromatic heterocycles. The van der Waals surface area contributed by atoms with Crippen molar-refractivity contribution in [1.29, 1.82) is 0 Å². The third kappa shape index (κ3) is 3.16. The zero-order valence-electron chi connectivity index (χ0n) is 10.3. The Labute approximate surface area is 117 Å². The molecule has 98 valence electrons. The predicted octanol–water partition coefficient (Wildman–Crippen LogP) is 3.24.